The lowest BCUT2D eigenvalue weighted by Gasteiger charge is -2.33. The molecule has 0 saturated carbocycles. The fourth-order valence-corrected chi connectivity index (χ4v) is 5.45. The van der Waals surface area contributed by atoms with Crippen LogP contribution in [0.5, 0.6) is 0 Å². The van der Waals surface area contributed by atoms with Gasteiger partial charge in [0.1, 0.15) is 11.1 Å². The maximum absolute atomic E-state index is 12.5. The molecule has 166 valence electrons. The molecule has 1 atom stereocenters. The molecule has 2 aromatic rings. The average molecular weight is 464 g/mol. The van der Waals surface area contributed by atoms with E-state index in [4.69, 9.17) is 11.6 Å². The summed E-state index contributed by atoms with van der Waals surface area (Å²) < 4.78 is 1.45. The molecule has 0 aromatic carbocycles. The zero-order chi connectivity index (χ0) is 22.9. The van der Waals surface area contributed by atoms with Crippen LogP contribution in [0, 0.1) is 39.7 Å². The fraction of sp³-hybridized carbons (Fsp3) is 0.571. The molecule has 0 fully saturated rings. The van der Waals surface area contributed by atoms with Gasteiger partial charge in [0.2, 0.25) is 5.91 Å². The molecule has 31 heavy (non-hydrogen) atoms. The Morgan fingerprint density at radius 1 is 1.48 bits per heavy atom. The van der Waals surface area contributed by atoms with Crippen LogP contribution in [0.2, 0.25) is 5.02 Å². The molecule has 1 N–H and O–H groups in total. The molecule has 0 saturated heterocycles. The Kier molecular flexibility index (Phi) is 6.72. The second-order valence-corrected chi connectivity index (χ2v) is 10.5. The summed E-state index contributed by atoms with van der Waals surface area (Å²) in [6.07, 6.45) is 3.51. The van der Waals surface area contributed by atoms with Crippen molar-refractivity contribution in [3.63, 3.8) is 0 Å². The van der Waals surface area contributed by atoms with E-state index >= 15 is 0 Å². The van der Waals surface area contributed by atoms with Gasteiger partial charge >= 0.3 is 5.82 Å². The van der Waals surface area contributed by atoms with Gasteiger partial charge in [0.15, 0.2) is 5.02 Å². The van der Waals surface area contributed by atoms with Crippen molar-refractivity contribution in [2.24, 2.45) is 11.3 Å². The molecule has 0 aliphatic heterocycles. The summed E-state index contributed by atoms with van der Waals surface area (Å²) >= 11 is 7.46. The maximum Gasteiger partial charge on any atom is 0.408 e. The molecule has 10 heteroatoms. The fourth-order valence-electron chi connectivity index (χ4n) is 3.95. The molecule has 1 amide bonds. The Hall–Kier alpha value is -2.44. The number of halogens is 1. The summed E-state index contributed by atoms with van der Waals surface area (Å²) in [4.78, 5) is 24.0. The van der Waals surface area contributed by atoms with E-state index in [-0.39, 0.29) is 28.6 Å². The Morgan fingerprint density at radius 2 is 2.19 bits per heavy atom. The first-order valence-corrected chi connectivity index (χ1v) is 11.4. The summed E-state index contributed by atoms with van der Waals surface area (Å²) in [5.74, 6) is -0.00480. The number of nitrogens with one attached hydrogen (secondary N) is 1. The number of aromatic nitrogens is 2. The number of carbonyl (C=O) groups is 1. The van der Waals surface area contributed by atoms with Crippen molar-refractivity contribution in [2.75, 3.05) is 5.32 Å². The monoisotopic (exact) mass is 463 g/mol. The van der Waals surface area contributed by atoms with Gasteiger partial charge in [-0.3, -0.25) is 4.79 Å². The topological polar surface area (TPSA) is 114 Å². The number of carbonyl (C=O) groups excluding carboxylic acids is 1. The van der Waals surface area contributed by atoms with E-state index in [0.29, 0.717) is 35.1 Å². The number of amides is 1. The quantitative estimate of drug-likeness (QED) is 0.463. The molecule has 0 spiro atoms. The molecule has 0 unspecified atom stereocenters. The van der Waals surface area contributed by atoms with Crippen LogP contribution in [0.15, 0.2) is 0 Å². The van der Waals surface area contributed by atoms with Crippen molar-refractivity contribution in [3.05, 3.63) is 36.8 Å². The van der Waals surface area contributed by atoms with Crippen LogP contribution in [-0.2, 0) is 24.2 Å². The van der Waals surface area contributed by atoms with Gasteiger partial charge in [0, 0.05) is 11.3 Å². The van der Waals surface area contributed by atoms with Crippen molar-refractivity contribution in [1.82, 2.24) is 9.78 Å². The van der Waals surface area contributed by atoms with Gasteiger partial charge in [-0.05, 0) is 54.4 Å². The van der Waals surface area contributed by atoms with Crippen LogP contribution in [0.25, 0.3) is 0 Å². The Morgan fingerprint density at radius 3 is 2.77 bits per heavy atom. The van der Waals surface area contributed by atoms with Crippen molar-refractivity contribution < 1.29 is 9.72 Å². The van der Waals surface area contributed by atoms with Gasteiger partial charge < -0.3 is 15.4 Å². The van der Waals surface area contributed by atoms with E-state index in [2.05, 4.69) is 37.3 Å². The van der Waals surface area contributed by atoms with E-state index < -0.39 is 4.92 Å². The van der Waals surface area contributed by atoms with Crippen LogP contribution < -0.4 is 5.32 Å². The second kappa shape index (κ2) is 8.97. The summed E-state index contributed by atoms with van der Waals surface area (Å²) in [5, 5.41) is 28.1. The van der Waals surface area contributed by atoms with Gasteiger partial charge in [-0.1, -0.05) is 32.4 Å². The lowest BCUT2D eigenvalue weighted by Crippen LogP contribution is -2.26. The number of nitrogens with zero attached hydrogens (tertiary/aromatic N) is 4. The predicted molar refractivity (Wildman–Crippen MR) is 120 cm³/mol. The van der Waals surface area contributed by atoms with Crippen molar-refractivity contribution in [3.8, 4) is 6.07 Å². The zero-order valence-corrected chi connectivity index (χ0v) is 19.7. The predicted octanol–water partition coefficient (Wildman–Crippen LogP) is 5.26. The number of aryl methyl sites for hydroxylation is 1. The van der Waals surface area contributed by atoms with Crippen molar-refractivity contribution >= 4 is 39.7 Å². The smallest absolute Gasteiger partial charge is 0.358 e. The molecule has 2 heterocycles. The number of hydrogen-bond donors (Lipinski definition) is 1. The van der Waals surface area contributed by atoms with Crippen LogP contribution in [0.4, 0.5) is 10.8 Å². The summed E-state index contributed by atoms with van der Waals surface area (Å²) in [5.41, 5.74) is 2.38. The first kappa shape index (κ1) is 23.2. The average Bonchev–Trinajstić information content (AvgIpc) is 3.18. The highest BCUT2D eigenvalue weighted by Crippen LogP contribution is 2.44. The third-order valence-corrected chi connectivity index (χ3v) is 7.53. The molecule has 3 rings (SSSR count). The van der Waals surface area contributed by atoms with E-state index in [1.54, 1.807) is 6.92 Å². The highest BCUT2D eigenvalue weighted by molar-refractivity contribution is 7.16. The second-order valence-electron chi connectivity index (χ2n) is 8.98. The third kappa shape index (κ3) is 4.91. The van der Waals surface area contributed by atoms with E-state index in [9.17, 15) is 20.2 Å². The van der Waals surface area contributed by atoms with Gasteiger partial charge in [-0.15, -0.1) is 11.3 Å². The third-order valence-electron chi connectivity index (χ3n) is 5.92. The molecule has 1 aliphatic rings. The minimum Gasteiger partial charge on any atom is -0.358 e. The van der Waals surface area contributed by atoms with Gasteiger partial charge in [-0.25, -0.2) is 0 Å². The molecule has 1 aliphatic carbocycles. The highest BCUT2D eigenvalue weighted by atomic mass is 35.5. The van der Waals surface area contributed by atoms with E-state index in [0.717, 1.165) is 24.8 Å². The standard InChI is InChI=1S/C21H26ClN5O3S/c1-12-18(22)19(27(29)30)25-26(12)9-5-6-17(28)24-20-15(11-23)14-8-7-13(21(2,3)4)10-16(14)31-20/h13H,5-10H2,1-4H3,(H,24,28)/t13-/m1/s1. The van der Waals surface area contributed by atoms with Crippen LogP contribution in [-0.4, -0.2) is 20.6 Å². The molecule has 8 nitrogen and oxygen atoms in total. The Labute approximate surface area is 190 Å². The van der Waals surface area contributed by atoms with Gasteiger partial charge in [0.25, 0.3) is 0 Å². The van der Waals surface area contributed by atoms with Gasteiger partial charge in [0.05, 0.1) is 22.9 Å². The number of nitriles is 1. The summed E-state index contributed by atoms with van der Waals surface area (Å²) in [6, 6.07) is 2.27. The normalized spacial score (nSPS) is 15.9. The first-order valence-electron chi connectivity index (χ1n) is 10.2. The number of fused-ring (bicyclic) bond motifs is 1. The molecule has 0 radical (unpaired) electrons. The minimum absolute atomic E-state index is 0.0193. The lowest BCUT2D eigenvalue weighted by molar-refractivity contribution is -0.389. The molecular formula is C21H26ClN5O3S. The molecule has 0 bridgehead atoms. The van der Waals surface area contributed by atoms with Crippen molar-refractivity contribution in [1.29, 1.82) is 5.26 Å². The number of anilines is 1. The number of rotatable bonds is 6. The molecular weight excluding hydrogens is 438 g/mol. The first-order chi connectivity index (χ1) is 14.5. The lowest BCUT2D eigenvalue weighted by atomic mass is 9.72. The SMILES string of the molecule is Cc1c(Cl)c([N+](=O)[O-])nn1CCCC(=O)Nc1sc2c(c1C#N)CC[C@@H](C(C)(C)C)C2. The highest BCUT2D eigenvalue weighted by Gasteiger charge is 2.32. The van der Waals surface area contributed by atoms with Crippen LogP contribution in [0.3, 0.4) is 0 Å². The molecule has 2 aromatic heterocycles. The van der Waals surface area contributed by atoms with E-state index in [1.807, 2.05) is 0 Å². The van der Waals surface area contributed by atoms with E-state index in [1.165, 1.54) is 20.9 Å². The Balaban J connectivity index is 1.63. The maximum atomic E-state index is 12.5. The number of hydrogen-bond acceptors (Lipinski definition) is 6. The largest absolute Gasteiger partial charge is 0.408 e. The van der Waals surface area contributed by atoms with Crippen molar-refractivity contribution in [2.45, 2.75) is 66.3 Å². The Bertz CT molecular complexity index is 1060. The zero-order valence-electron chi connectivity index (χ0n) is 18.1. The summed E-state index contributed by atoms with van der Waals surface area (Å²) in [6.45, 7) is 8.72. The van der Waals surface area contributed by atoms with Crippen LogP contribution in [0.1, 0.15) is 61.7 Å². The van der Waals surface area contributed by atoms with Gasteiger partial charge in [-0.2, -0.15) is 9.94 Å². The van der Waals surface area contributed by atoms with Crippen LogP contribution >= 0.6 is 22.9 Å². The number of nitro groups is 1. The summed E-state index contributed by atoms with van der Waals surface area (Å²) in [7, 11) is 0. The minimum atomic E-state index is -0.620. The number of thiophene rings is 1.